The summed E-state index contributed by atoms with van der Waals surface area (Å²) in [5.41, 5.74) is 0.378. The van der Waals surface area contributed by atoms with Crippen molar-refractivity contribution >= 4 is 17.3 Å². The molecule has 0 radical (unpaired) electrons. The lowest BCUT2D eigenvalue weighted by Crippen LogP contribution is -2.15. The van der Waals surface area contributed by atoms with E-state index >= 15 is 0 Å². The molecule has 0 unspecified atom stereocenters. The van der Waals surface area contributed by atoms with Crippen LogP contribution >= 0.6 is 0 Å². The Labute approximate surface area is 125 Å². The van der Waals surface area contributed by atoms with Gasteiger partial charge in [0.15, 0.2) is 0 Å². The molecule has 0 aliphatic carbocycles. The highest BCUT2D eigenvalue weighted by molar-refractivity contribution is 6.07. The Bertz CT molecular complexity index is 746. The average Bonchev–Trinajstić information content (AvgIpc) is 2.50. The number of nitrogens with zero attached hydrogens (tertiary/aromatic N) is 1. The Morgan fingerprint density at radius 3 is 2.64 bits per heavy atom. The average molecular weight is 304 g/mol. The number of hydrogen-bond acceptors (Lipinski definition) is 4. The van der Waals surface area contributed by atoms with Gasteiger partial charge in [0, 0.05) is 11.8 Å². The third kappa shape index (κ3) is 3.20. The topological polar surface area (TPSA) is 81.5 Å². The van der Waals surface area contributed by atoms with Gasteiger partial charge in [-0.15, -0.1) is 0 Å². The first-order valence-corrected chi connectivity index (χ1v) is 6.32. The fourth-order valence-corrected chi connectivity index (χ4v) is 1.90. The molecular formula is C15H13FN2O4. The minimum Gasteiger partial charge on any atom is -0.497 e. The maximum absolute atomic E-state index is 13.2. The van der Waals surface area contributed by atoms with Crippen LogP contribution in [0.2, 0.25) is 0 Å². The van der Waals surface area contributed by atoms with Gasteiger partial charge >= 0.3 is 0 Å². The van der Waals surface area contributed by atoms with E-state index in [4.69, 9.17) is 4.74 Å². The summed E-state index contributed by atoms with van der Waals surface area (Å²) < 4.78 is 18.2. The van der Waals surface area contributed by atoms with Crippen molar-refractivity contribution in [3.05, 3.63) is 63.5 Å². The molecule has 2 aromatic carbocycles. The molecule has 2 aromatic rings. The van der Waals surface area contributed by atoms with E-state index in [0.29, 0.717) is 11.3 Å². The maximum Gasteiger partial charge on any atom is 0.282 e. The molecule has 0 fully saturated rings. The summed E-state index contributed by atoms with van der Waals surface area (Å²) in [7, 11) is 1.39. The van der Waals surface area contributed by atoms with Crippen LogP contribution < -0.4 is 10.1 Å². The smallest absolute Gasteiger partial charge is 0.282 e. The predicted octanol–water partition coefficient (Wildman–Crippen LogP) is 3.30. The highest BCUT2D eigenvalue weighted by atomic mass is 19.1. The summed E-state index contributed by atoms with van der Waals surface area (Å²) >= 11 is 0. The number of hydrogen-bond donors (Lipinski definition) is 1. The van der Waals surface area contributed by atoms with Crippen LogP contribution in [0.4, 0.5) is 15.8 Å². The third-order valence-electron chi connectivity index (χ3n) is 3.09. The zero-order valence-corrected chi connectivity index (χ0v) is 11.9. The van der Waals surface area contributed by atoms with Crippen LogP contribution in [-0.4, -0.2) is 17.9 Å². The normalized spacial score (nSPS) is 10.1. The molecule has 0 atom stereocenters. The molecule has 0 bridgehead atoms. The first kappa shape index (κ1) is 15.4. The van der Waals surface area contributed by atoms with E-state index in [2.05, 4.69) is 5.32 Å². The Morgan fingerprint density at radius 1 is 1.27 bits per heavy atom. The number of nitro groups is 1. The summed E-state index contributed by atoms with van der Waals surface area (Å²) in [6.45, 7) is 1.69. The lowest BCUT2D eigenvalue weighted by Gasteiger charge is -2.09. The van der Waals surface area contributed by atoms with Gasteiger partial charge in [0.1, 0.15) is 17.1 Å². The molecule has 2 rings (SSSR count). The van der Waals surface area contributed by atoms with E-state index < -0.39 is 16.6 Å². The zero-order chi connectivity index (χ0) is 16.3. The number of benzene rings is 2. The number of amides is 1. The first-order valence-electron chi connectivity index (χ1n) is 6.32. The van der Waals surface area contributed by atoms with Crippen molar-refractivity contribution in [1.29, 1.82) is 0 Å². The monoisotopic (exact) mass is 304 g/mol. The van der Waals surface area contributed by atoms with Crippen molar-refractivity contribution in [2.45, 2.75) is 6.92 Å². The van der Waals surface area contributed by atoms with Crippen LogP contribution in [0.15, 0.2) is 36.4 Å². The minimum absolute atomic E-state index is 0.159. The number of halogens is 1. The molecule has 1 N–H and O–H groups in total. The van der Waals surface area contributed by atoms with Crippen LogP contribution in [0.1, 0.15) is 15.9 Å². The summed E-state index contributed by atoms with van der Waals surface area (Å²) in [5, 5.41) is 13.5. The lowest BCUT2D eigenvalue weighted by molar-refractivity contribution is -0.385. The SMILES string of the molecule is COc1ccc([N+](=O)[O-])c(C(=O)Nc2cc(F)ccc2C)c1. The van der Waals surface area contributed by atoms with Crippen molar-refractivity contribution in [2.75, 3.05) is 12.4 Å². The summed E-state index contributed by atoms with van der Waals surface area (Å²) in [5.74, 6) is -0.910. The molecule has 6 nitrogen and oxygen atoms in total. The highest BCUT2D eigenvalue weighted by Crippen LogP contribution is 2.25. The van der Waals surface area contributed by atoms with Crippen LogP contribution in [0.25, 0.3) is 0 Å². The second kappa shape index (κ2) is 6.21. The predicted molar refractivity (Wildman–Crippen MR) is 78.7 cm³/mol. The van der Waals surface area contributed by atoms with Gasteiger partial charge in [0.2, 0.25) is 0 Å². The molecule has 7 heteroatoms. The van der Waals surface area contributed by atoms with E-state index in [9.17, 15) is 19.3 Å². The van der Waals surface area contributed by atoms with E-state index in [1.807, 2.05) is 0 Å². The summed E-state index contributed by atoms with van der Waals surface area (Å²) in [6.07, 6.45) is 0. The molecule has 0 spiro atoms. The number of ether oxygens (including phenoxy) is 1. The van der Waals surface area contributed by atoms with E-state index in [1.165, 1.54) is 37.4 Å². The summed E-state index contributed by atoms with van der Waals surface area (Å²) in [6, 6.07) is 7.76. The van der Waals surface area contributed by atoms with E-state index in [0.717, 1.165) is 6.07 Å². The van der Waals surface area contributed by atoms with Crippen molar-refractivity contribution < 1.29 is 18.8 Å². The van der Waals surface area contributed by atoms with Crippen molar-refractivity contribution in [2.24, 2.45) is 0 Å². The van der Waals surface area contributed by atoms with Gasteiger partial charge in [-0.1, -0.05) is 6.07 Å². The first-order chi connectivity index (χ1) is 10.4. The van der Waals surface area contributed by atoms with Crippen molar-refractivity contribution in [3.8, 4) is 5.75 Å². The molecule has 22 heavy (non-hydrogen) atoms. The standard InChI is InChI=1S/C15H13FN2O4/c1-9-3-4-10(16)7-13(9)17-15(19)12-8-11(22-2)5-6-14(12)18(20)21/h3-8H,1-2H3,(H,17,19). The van der Waals surface area contributed by atoms with E-state index in [1.54, 1.807) is 6.92 Å². The van der Waals surface area contributed by atoms with Crippen LogP contribution in [-0.2, 0) is 0 Å². The molecule has 0 saturated carbocycles. The van der Waals surface area contributed by atoms with Crippen LogP contribution in [0.5, 0.6) is 5.75 Å². The lowest BCUT2D eigenvalue weighted by atomic mass is 10.1. The van der Waals surface area contributed by atoms with Gasteiger partial charge in [-0.3, -0.25) is 14.9 Å². The van der Waals surface area contributed by atoms with Crippen molar-refractivity contribution in [1.82, 2.24) is 0 Å². The quantitative estimate of drug-likeness (QED) is 0.694. The number of carbonyl (C=O) groups is 1. The Morgan fingerprint density at radius 2 is 2.00 bits per heavy atom. The third-order valence-corrected chi connectivity index (χ3v) is 3.09. The van der Waals surface area contributed by atoms with Crippen LogP contribution in [0, 0.1) is 22.9 Å². The fraction of sp³-hybridized carbons (Fsp3) is 0.133. The minimum atomic E-state index is -0.709. The number of anilines is 1. The molecule has 0 saturated heterocycles. The number of carbonyl (C=O) groups excluding carboxylic acids is 1. The van der Waals surface area contributed by atoms with E-state index in [-0.39, 0.29) is 16.9 Å². The largest absolute Gasteiger partial charge is 0.497 e. The molecule has 114 valence electrons. The molecule has 0 heterocycles. The Hall–Kier alpha value is -2.96. The van der Waals surface area contributed by atoms with Gasteiger partial charge in [0.25, 0.3) is 11.6 Å². The Balaban J connectivity index is 2.40. The maximum atomic E-state index is 13.2. The molecular weight excluding hydrogens is 291 g/mol. The number of rotatable bonds is 4. The van der Waals surface area contributed by atoms with Gasteiger partial charge < -0.3 is 10.1 Å². The Kier molecular flexibility index (Phi) is 4.36. The van der Waals surface area contributed by atoms with Crippen LogP contribution in [0.3, 0.4) is 0 Å². The van der Waals surface area contributed by atoms with Gasteiger partial charge in [-0.25, -0.2) is 4.39 Å². The molecule has 0 aromatic heterocycles. The molecule has 0 aliphatic rings. The van der Waals surface area contributed by atoms with Gasteiger partial charge in [0.05, 0.1) is 12.0 Å². The molecule has 0 aliphatic heterocycles. The zero-order valence-electron chi connectivity index (χ0n) is 11.9. The summed E-state index contributed by atoms with van der Waals surface area (Å²) in [4.78, 5) is 22.6. The fourth-order valence-electron chi connectivity index (χ4n) is 1.90. The molecule has 1 amide bonds. The van der Waals surface area contributed by atoms with Gasteiger partial charge in [-0.05, 0) is 36.8 Å². The van der Waals surface area contributed by atoms with Crippen molar-refractivity contribution in [3.63, 3.8) is 0 Å². The number of nitro benzene ring substituents is 1. The highest BCUT2D eigenvalue weighted by Gasteiger charge is 2.21. The second-order valence-corrected chi connectivity index (χ2v) is 4.55. The number of methoxy groups -OCH3 is 1. The number of aryl methyl sites for hydroxylation is 1. The number of nitrogens with one attached hydrogen (secondary N) is 1. The second-order valence-electron chi connectivity index (χ2n) is 4.55. The van der Waals surface area contributed by atoms with Gasteiger partial charge in [-0.2, -0.15) is 0 Å².